The minimum absolute atomic E-state index is 0.181. The van der Waals surface area contributed by atoms with E-state index in [1.807, 2.05) is 25.9 Å². The molecule has 0 saturated heterocycles. The van der Waals surface area contributed by atoms with Crippen molar-refractivity contribution in [2.24, 2.45) is 5.92 Å². The highest BCUT2D eigenvalue weighted by atomic mass is 16.1. The fourth-order valence-corrected chi connectivity index (χ4v) is 0.676. The zero-order valence-corrected chi connectivity index (χ0v) is 6.64. The van der Waals surface area contributed by atoms with Crippen molar-refractivity contribution in [3.05, 3.63) is 0 Å². The van der Waals surface area contributed by atoms with Gasteiger partial charge in [0.25, 0.3) is 0 Å². The van der Waals surface area contributed by atoms with E-state index in [4.69, 9.17) is 0 Å². The summed E-state index contributed by atoms with van der Waals surface area (Å²) in [5, 5.41) is 0. The Labute approximate surface area is 56.9 Å². The van der Waals surface area contributed by atoms with Crippen molar-refractivity contribution in [2.45, 2.75) is 13.8 Å². The van der Waals surface area contributed by atoms with E-state index in [-0.39, 0.29) is 11.7 Å². The van der Waals surface area contributed by atoms with E-state index in [0.29, 0.717) is 0 Å². The van der Waals surface area contributed by atoms with Crippen LogP contribution in [0.2, 0.25) is 0 Å². The molecule has 0 rings (SSSR count). The number of ketones is 1. The van der Waals surface area contributed by atoms with Gasteiger partial charge in [-0.1, -0.05) is 6.92 Å². The Hall–Kier alpha value is -0.370. The molecule has 54 valence electrons. The van der Waals surface area contributed by atoms with E-state index in [1.165, 1.54) is 0 Å². The average Bonchev–Trinajstić information content (AvgIpc) is 1.63. The number of hydrogen-bond donors (Lipinski definition) is 0. The number of nitrogens with zero attached hydrogens (tertiary/aromatic N) is 1. The van der Waals surface area contributed by atoms with Crippen molar-refractivity contribution < 1.29 is 4.79 Å². The van der Waals surface area contributed by atoms with Gasteiger partial charge in [-0.3, -0.25) is 4.79 Å². The van der Waals surface area contributed by atoms with Gasteiger partial charge in [-0.05, 0) is 21.0 Å². The van der Waals surface area contributed by atoms with Crippen LogP contribution in [0.15, 0.2) is 0 Å². The minimum Gasteiger partial charge on any atom is -0.309 e. The largest absolute Gasteiger partial charge is 0.309 e. The predicted molar refractivity (Wildman–Crippen MR) is 38.4 cm³/mol. The molecule has 0 N–H and O–H groups in total. The quantitative estimate of drug-likeness (QED) is 0.561. The van der Waals surface area contributed by atoms with Crippen molar-refractivity contribution in [3.63, 3.8) is 0 Å². The third-order valence-electron chi connectivity index (χ3n) is 1.33. The van der Waals surface area contributed by atoms with Gasteiger partial charge >= 0.3 is 0 Å². The van der Waals surface area contributed by atoms with Gasteiger partial charge in [-0.2, -0.15) is 0 Å². The Balaban J connectivity index is 3.50. The average molecular weight is 129 g/mol. The first-order valence-electron chi connectivity index (χ1n) is 3.19. The van der Waals surface area contributed by atoms with Gasteiger partial charge in [-0.25, -0.2) is 0 Å². The molecule has 0 aromatic carbocycles. The topological polar surface area (TPSA) is 20.3 Å². The molecule has 1 unspecified atom stereocenters. The second kappa shape index (κ2) is 3.62. The van der Waals surface area contributed by atoms with Crippen LogP contribution in [0.5, 0.6) is 0 Å². The number of carbonyl (C=O) groups is 1. The Bertz CT molecular complexity index is 99.1. The summed E-state index contributed by atoms with van der Waals surface area (Å²) >= 11 is 0. The van der Waals surface area contributed by atoms with Gasteiger partial charge in [0.2, 0.25) is 0 Å². The monoisotopic (exact) mass is 129 g/mol. The Morgan fingerprint density at radius 2 is 2.00 bits per heavy atom. The summed E-state index contributed by atoms with van der Waals surface area (Å²) in [6, 6.07) is 0. The summed E-state index contributed by atoms with van der Waals surface area (Å²) in [5.41, 5.74) is 0. The summed E-state index contributed by atoms with van der Waals surface area (Å²) < 4.78 is 0. The van der Waals surface area contributed by atoms with E-state index in [0.717, 1.165) is 6.54 Å². The number of hydrogen-bond acceptors (Lipinski definition) is 2. The second-order valence-corrected chi connectivity index (χ2v) is 2.77. The molecular formula is C7H15NO. The first kappa shape index (κ1) is 8.63. The van der Waals surface area contributed by atoms with Crippen LogP contribution in [-0.2, 0) is 4.79 Å². The molecule has 2 nitrogen and oxygen atoms in total. The molecule has 0 fully saturated rings. The van der Waals surface area contributed by atoms with Gasteiger partial charge in [0, 0.05) is 12.5 Å². The van der Waals surface area contributed by atoms with Crippen molar-refractivity contribution in [2.75, 3.05) is 20.6 Å². The third kappa shape index (κ3) is 4.15. The summed E-state index contributed by atoms with van der Waals surface area (Å²) in [6.45, 7) is 4.44. The molecule has 0 amide bonds. The van der Waals surface area contributed by atoms with Crippen LogP contribution in [0.3, 0.4) is 0 Å². The molecule has 9 heavy (non-hydrogen) atoms. The molecule has 2 heteroatoms. The summed E-state index contributed by atoms with van der Waals surface area (Å²) in [5.74, 6) is 0.448. The molecule has 0 aliphatic heterocycles. The molecule has 0 saturated carbocycles. The number of rotatable bonds is 3. The SMILES string of the molecule is CC(=O)C(C)CN(C)C. The first-order chi connectivity index (χ1) is 4.04. The maximum absolute atomic E-state index is 10.7. The van der Waals surface area contributed by atoms with Crippen LogP contribution in [0.25, 0.3) is 0 Å². The Kier molecular flexibility index (Phi) is 3.47. The molecule has 0 heterocycles. The van der Waals surface area contributed by atoms with E-state index in [1.54, 1.807) is 6.92 Å². The summed E-state index contributed by atoms with van der Waals surface area (Å²) in [4.78, 5) is 12.7. The highest BCUT2D eigenvalue weighted by molar-refractivity contribution is 5.78. The summed E-state index contributed by atoms with van der Waals surface area (Å²) in [6.07, 6.45) is 0. The number of Topliss-reactive ketones (excluding diaryl/α,β-unsaturated/α-hetero) is 1. The lowest BCUT2D eigenvalue weighted by molar-refractivity contribution is -0.120. The molecule has 0 aromatic heterocycles. The van der Waals surface area contributed by atoms with Gasteiger partial charge in [0.1, 0.15) is 5.78 Å². The highest BCUT2D eigenvalue weighted by Crippen LogP contribution is 1.96. The van der Waals surface area contributed by atoms with Crippen LogP contribution in [0, 0.1) is 5.92 Å². The van der Waals surface area contributed by atoms with Crippen molar-refractivity contribution >= 4 is 5.78 Å². The normalized spacial score (nSPS) is 13.9. The molecule has 0 aliphatic carbocycles. The molecular weight excluding hydrogens is 114 g/mol. The van der Waals surface area contributed by atoms with E-state index >= 15 is 0 Å². The minimum atomic E-state index is 0.181. The van der Waals surface area contributed by atoms with Crippen LogP contribution >= 0.6 is 0 Å². The maximum Gasteiger partial charge on any atom is 0.133 e. The predicted octanol–water partition coefficient (Wildman–Crippen LogP) is 0.773. The molecule has 1 atom stereocenters. The molecule has 0 radical (unpaired) electrons. The Morgan fingerprint density at radius 1 is 1.56 bits per heavy atom. The maximum atomic E-state index is 10.7. The van der Waals surface area contributed by atoms with Gasteiger partial charge in [0.15, 0.2) is 0 Å². The van der Waals surface area contributed by atoms with Crippen molar-refractivity contribution in [1.29, 1.82) is 0 Å². The lowest BCUT2D eigenvalue weighted by atomic mass is 10.1. The fourth-order valence-electron chi connectivity index (χ4n) is 0.676. The highest BCUT2D eigenvalue weighted by Gasteiger charge is 2.06. The fraction of sp³-hybridized carbons (Fsp3) is 0.857. The van der Waals surface area contributed by atoms with Crippen LogP contribution in [-0.4, -0.2) is 31.3 Å². The third-order valence-corrected chi connectivity index (χ3v) is 1.33. The van der Waals surface area contributed by atoms with Gasteiger partial charge < -0.3 is 4.90 Å². The van der Waals surface area contributed by atoms with E-state index in [9.17, 15) is 4.79 Å². The Morgan fingerprint density at radius 3 is 2.11 bits per heavy atom. The second-order valence-electron chi connectivity index (χ2n) is 2.77. The molecule has 0 aliphatic rings. The van der Waals surface area contributed by atoms with Crippen LogP contribution in [0.4, 0.5) is 0 Å². The molecule has 0 aromatic rings. The number of carbonyl (C=O) groups excluding carboxylic acids is 1. The zero-order valence-electron chi connectivity index (χ0n) is 6.64. The smallest absolute Gasteiger partial charge is 0.133 e. The van der Waals surface area contributed by atoms with Crippen LogP contribution < -0.4 is 0 Å². The van der Waals surface area contributed by atoms with Gasteiger partial charge in [0.05, 0.1) is 0 Å². The lowest BCUT2D eigenvalue weighted by Crippen LogP contribution is -2.23. The molecule has 0 spiro atoms. The first-order valence-corrected chi connectivity index (χ1v) is 3.19. The molecule has 0 bridgehead atoms. The summed E-state index contributed by atoms with van der Waals surface area (Å²) in [7, 11) is 3.94. The van der Waals surface area contributed by atoms with Gasteiger partial charge in [-0.15, -0.1) is 0 Å². The zero-order chi connectivity index (χ0) is 7.44. The standard InChI is InChI=1S/C7H15NO/c1-6(7(2)9)5-8(3)4/h6H,5H2,1-4H3. The van der Waals surface area contributed by atoms with Crippen LogP contribution in [0.1, 0.15) is 13.8 Å². The van der Waals surface area contributed by atoms with Crippen molar-refractivity contribution in [1.82, 2.24) is 4.90 Å². The van der Waals surface area contributed by atoms with E-state index in [2.05, 4.69) is 0 Å². The van der Waals surface area contributed by atoms with E-state index < -0.39 is 0 Å². The van der Waals surface area contributed by atoms with Crippen molar-refractivity contribution in [3.8, 4) is 0 Å². The lowest BCUT2D eigenvalue weighted by Gasteiger charge is -2.13.